The van der Waals surface area contributed by atoms with Crippen LogP contribution >= 0.6 is 0 Å². The fourth-order valence-corrected chi connectivity index (χ4v) is 1.80. The number of hydrogen-bond acceptors (Lipinski definition) is 4. The Hall–Kier alpha value is -1.43. The van der Waals surface area contributed by atoms with Crippen molar-refractivity contribution in [3.63, 3.8) is 0 Å². The van der Waals surface area contributed by atoms with Crippen molar-refractivity contribution < 1.29 is 9.90 Å². The van der Waals surface area contributed by atoms with E-state index in [1.165, 1.54) is 0 Å². The van der Waals surface area contributed by atoms with Crippen LogP contribution in [0.3, 0.4) is 0 Å². The number of aromatic nitrogens is 3. The summed E-state index contributed by atoms with van der Waals surface area (Å²) in [6.45, 7) is 9.64. The third-order valence-electron chi connectivity index (χ3n) is 2.90. The van der Waals surface area contributed by atoms with Crippen molar-refractivity contribution in [2.24, 2.45) is 0 Å². The Balaban J connectivity index is 2.74. The highest BCUT2D eigenvalue weighted by molar-refractivity contribution is 5.86. The molecule has 0 unspecified atom stereocenters. The van der Waals surface area contributed by atoms with E-state index < -0.39 is 5.97 Å². The lowest BCUT2D eigenvalue weighted by Gasteiger charge is -2.18. The number of likely N-dealkylation sites (N-methyl/N-ethyl adjacent to an activating group) is 1. The van der Waals surface area contributed by atoms with Crippen LogP contribution in [0.5, 0.6) is 0 Å². The topological polar surface area (TPSA) is 71.2 Å². The van der Waals surface area contributed by atoms with E-state index in [4.69, 9.17) is 5.11 Å². The second-order valence-electron chi connectivity index (χ2n) is 3.79. The van der Waals surface area contributed by atoms with Gasteiger partial charge >= 0.3 is 5.97 Å². The smallest absolute Gasteiger partial charge is 0.358 e. The minimum absolute atomic E-state index is 0.0760. The number of carbonyl (C=O) groups is 1. The third-order valence-corrected chi connectivity index (χ3v) is 2.90. The van der Waals surface area contributed by atoms with Gasteiger partial charge in [0.1, 0.15) is 0 Å². The molecule has 0 aliphatic carbocycles. The van der Waals surface area contributed by atoms with Gasteiger partial charge in [-0.25, -0.2) is 9.48 Å². The molecule has 96 valence electrons. The van der Waals surface area contributed by atoms with E-state index in [0.717, 1.165) is 19.6 Å². The first kappa shape index (κ1) is 13.6. The van der Waals surface area contributed by atoms with Crippen LogP contribution in [0.4, 0.5) is 0 Å². The van der Waals surface area contributed by atoms with Gasteiger partial charge in [-0.1, -0.05) is 26.0 Å². The van der Waals surface area contributed by atoms with Gasteiger partial charge in [-0.05, 0) is 19.5 Å². The van der Waals surface area contributed by atoms with E-state index in [1.807, 2.05) is 6.92 Å². The summed E-state index contributed by atoms with van der Waals surface area (Å²) in [6, 6.07) is 0. The fourth-order valence-electron chi connectivity index (χ4n) is 1.80. The lowest BCUT2D eigenvalue weighted by atomic mass is 10.2. The van der Waals surface area contributed by atoms with E-state index in [9.17, 15) is 4.79 Å². The summed E-state index contributed by atoms with van der Waals surface area (Å²) in [5, 5.41) is 16.6. The summed E-state index contributed by atoms with van der Waals surface area (Å²) in [5.74, 6) is -1.00. The van der Waals surface area contributed by atoms with Crippen LogP contribution in [0.25, 0.3) is 0 Å². The maximum Gasteiger partial charge on any atom is 0.358 e. The highest BCUT2D eigenvalue weighted by Crippen LogP contribution is 2.06. The predicted molar refractivity (Wildman–Crippen MR) is 64.1 cm³/mol. The maximum absolute atomic E-state index is 10.9. The molecule has 1 aromatic heterocycles. The minimum Gasteiger partial charge on any atom is -0.476 e. The summed E-state index contributed by atoms with van der Waals surface area (Å²) in [7, 11) is 0. The lowest BCUT2D eigenvalue weighted by Crippen LogP contribution is -2.27. The number of carboxylic acid groups (broad SMARTS) is 1. The molecule has 0 amide bonds. The molecule has 17 heavy (non-hydrogen) atoms. The van der Waals surface area contributed by atoms with E-state index in [2.05, 4.69) is 29.1 Å². The van der Waals surface area contributed by atoms with E-state index >= 15 is 0 Å². The van der Waals surface area contributed by atoms with Crippen molar-refractivity contribution in [2.75, 3.05) is 19.6 Å². The van der Waals surface area contributed by atoms with Crippen LogP contribution in [0.2, 0.25) is 0 Å². The number of hydrogen-bond donors (Lipinski definition) is 1. The SMILES string of the molecule is CCc1c(C(=O)O)nnn1CCN(CC)CC. The monoisotopic (exact) mass is 240 g/mol. The summed E-state index contributed by atoms with van der Waals surface area (Å²) in [5.41, 5.74) is 0.775. The molecule has 1 rings (SSSR count). The zero-order valence-corrected chi connectivity index (χ0v) is 10.7. The summed E-state index contributed by atoms with van der Waals surface area (Å²) >= 11 is 0. The number of nitrogens with zero attached hydrogens (tertiary/aromatic N) is 4. The van der Waals surface area contributed by atoms with Crippen LogP contribution < -0.4 is 0 Å². The van der Waals surface area contributed by atoms with Gasteiger partial charge < -0.3 is 10.0 Å². The standard InChI is InChI=1S/C11H20N4O2/c1-4-9-10(11(16)17)12-13-15(9)8-7-14(5-2)6-3/h4-8H2,1-3H3,(H,16,17). The van der Waals surface area contributed by atoms with Gasteiger partial charge in [-0.2, -0.15) is 0 Å². The average Bonchev–Trinajstić information content (AvgIpc) is 2.73. The highest BCUT2D eigenvalue weighted by atomic mass is 16.4. The first-order chi connectivity index (χ1) is 8.13. The maximum atomic E-state index is 10.9. The Morgan fingerprint density at radius 2 is 2.00 bits per heavy atom. The molecule has 1 heterocycles. The van der Waals surface area contributed by atoms with Crippen molar-refractivity contribution in [3.05, 3.63) is 11.4 Å². The molecule has 0 saturated heterocycles. The van der Waals surface area contributed by atoms with Crippen molar-refractivity contribution >= 4 is 5.97 Å². The molecule has 0 fully saturated rings. The van der Waals surface area contributed by atoms with Gasteiger partial charge in [-0.3, -0.25) is 0 Å². The van der Waals surface area contributed by atoms with Crippen molar-refractivity contribution in [2.45, 2.75) is 33.7 Å². The first-order valence-electron chi connectivity index (χ1n) is 6.01. The molecular weight excluding hydrogens is 220 g/mol. The van der Waals surface area contributed by atoms with Crippen LogP contribution in [-0.2, 0) is 13.0 Å². The number of aromatic carboxylic acids is 1. The van der Waals surface area contributed by atoms with Gasteiger partial charge in [0, 0.05) is 6.54 Å². The third kappa shape index (κ3) is 3.26. The second-order valence-corrected chi connectivity index (χ2v) is 3.79. The van der Waals surface area contributed by atoms with Crippen LogP contribution in [0, 0.1) is 0 Å². The number of carboxylic acids is 1. The summed E-state index contributed by atoms with van der Waals surface area (Å²) in [4.78, 5) is 13.2. The van der Waals surface area contributed by atoms with Gasteiger partial charge in [0.25, 0.3) is 0 Å². The fraction of sp³-hybridized carbons (Fsp3) is 0.727. The van der Waals surface area contributed by atoms with Crippen molar-refractivity contribution in [1.82, 2.24) is 19.9 Å². The molecular formula is C11H20N4O2. The molecule has 1 N–H and O–H groups in total. The van der Waals surface area contributed by atoms with Crippen molar-refractivity contribution in [3.8, 4) is 0 Å². The van der Waals surface area contributed by atoms with Gasteiger partial charge in [0.15, 0.2) is 5.69 Å². The van der Waals surface area contributed by atoms with Crippen LogP contribution in [0.15, 0.2) is 0 Å². The Kier molecular flexibility index (Phi) is 5.09. The molecule has 0 spiro atoms. The minimum atomic E-state index is -1.00. The molecule has 0 aliphatic heterocycles. The molecule has 6 heteroatoms. The lowest BCUT2D eigenvalue weighted by molar-refractivity contribution is 0.0689. The Labute approximate surface area is 101 Å². The molecule has 0 aromatic carbocycles. The van der Waals surface area contributed by atoms with E-state index in [1.54, 1.807) is 4.68 Å². The Bertz CT molecular complexity index is 372. The van der Waals surface area contributed by atoms with E-state index in [-0.39, 0.29) is 5.69 Å². The summed E-state index contributed by atoms with van der Waals surface area (Å²) in [6.07, 6.45) is 0.632. The zero-order chi connectivity index (χ0) is 12.8. The summed E-state index contributed by atoms with van der Waals surface area (Å²) < 4.78 is 1.70. The highest BCUT2D eigenvalue weighted by Gasteiger charge is 2.17. The molecule has 6 nitrogen and oxygen atoms in total. The molecule has 0 radical (unpaired) electrons. The molecule has 0 bridgehead atoms. The van der Waals surface area contributed by atoms with Gasteiger partial charge in [-0.15, -0.1) is 5.10 Å². The molecule has 0 atom stereocenters. The largest absolute Gasteiger partial charge is 0.476 e. The van der Waals surface area contributed by atoms with Crippen molar-refractivity contribution in [1.29, 1.82) is 0 Å². The first-order valence-corrected chi connectivity index (χ1v) is 6.01. The Morgan fingerprint density at radius 3 is 2.47 bits per heavy atom. The normalized spacial score (nSPS) is 11.1. The zero-order valence-electron chi connectivity index (χ0n) is 10.7. The van der Waals surface area contributed by atoms with Gasteiger partial charge in [0.2, 0.25) is 0 Å². The molecule has 0 saturated carbocycles. The molecule has 1 aromatic rings. The van der Waals surface area contributed by atoms with E-state index in [0.29, 0.717) is 18.7 Å². The van der Waals surface area contributed by atoms with Crippen LogP contribution in [0.1, 0.15) is 37.0 Å². The average molecular weight is 240 g/mol. The predicted octanol–water partition coefficient (Wildman–Crippen LogP) is 0.880. The Morgan fingerprint density at radius 1 is 1.35 bits per heavy atom. The number of rotatable bonds is 7. The quantitative estimate of drug-likeness (QED) is 0.766. The van der Waals surface area contributed by atoms with Gasteiger partial charge in [0.05, 0.1) is 12.2 Å². The second kappa shape index (κ2) is 6.34. The van der Waals surface area contributed by atoms with Crippen LogP contribution in [-0.4, -0.2) is 50.6 Å². The molecule has 0 aliphatic rings.